The number of hydrogen-bond acceptors (Lipinski definition) is 4. The van der Waals surface area contributed by atoms with Crippen LogP contribution >= 0.6 is 0 Å². The van der Waals surface area contributed by atoms with Crippen LogP contribution in [0.5, 0.6) is 5.75 Å². The predicted octanol–water partition coefficient (Wildman–Crippen LogP) is 1.26. The van der Waals surface area contributed by atoms with Gasteiger partial charge in [-0.05, 0) is 24.3 Å². The van der Waals surface area contributed by atoms with Crippen molar-refractivity contribution in [2.45, 2.75) is 0 Å². The number of benzene rings is 1. The standard InChI is InChI=1S/C8H5FO4/c9-13-8(11)6-1-3-7(4-2-6)12-5-10/h1-5H. The second-order valence-corrected chi connectivity index (χ2v) is 2.10. The molecule has 0 radical (unpaired) electrons. The van der Waals surface area contributed by atoms with E-state index in [0.29, 0.717) is 0 Å². The van der Waals surface area contributed by atoms with E-state index in [1.165, 1.54) is 24.3 Å². The summed E-state index contributed by atoms with van der Waals surface area (Å²) in [5.41, 5.74) is 0.0424. The largest absolute Gasteiger partial charge is 0.429 e. The first-order chi connectivity index (χ1) is 6.27. The zero-order chi connectivity index (χ0) is 9.68. The van der Waals surface area contributed by atoms with Crippen LogP contribution in [0.3, 0.4) is 0 Å². The minimum absolute atomic E-state index is 0.0424. The highest BCUT2D eigenvalue weighted by Crippen LogP contribution is 2.12. The SMILES string of the molecule is O=COc1ccc(C(=O)OF)cc1. The summed E-state index contributed by atoms with van der Waals surface area (Å²) >= 11 is 0. The Balaban J connectivity index is 2.80. The molecule has 1 rings (SSSR count). The third kappa shape index (κ3) is 2.26. The van der Waals surface area contributed by atoms with E-state index in [-0.39, 0.29) is 17.8 Å². The molecule has 0 amide bonds. The van der Waals surface area contributed by atoms with Crippen molar-refractivity contribution in [1.82, 2.24) is 0 Å². The average Bonchev–Trinajstić information content (AvgIpc) is 2.18. The van der Waals surface area contributed by atoms with Gasteiger partial charge >= 0.3 is 5.97 Å². The van der Waals surface area contributed by atoms with E-state index in [4.69, 9.17) is 0 Å². The molecule has 1 aromatic carbocycles. The number of halogens is 1. The van der Waals surface area contributed by atoms with Gasteiger partial charge in [-0.15, -0.1) is 0 Å². The lowest BCUT2D eigenvalue weighted by molar-refractivity contribution is -0.120. The minimum Gasteiger partial charge on any atom is -0.429 e. The van der Waals surface area contributed by atoms with E-state index in [1.807, 2.05) is 0 Å². The monoisotopic (exact) mass is 184 g/mol. The van der Waals surface area contributed by atoms with Crippen molar-refractivity contribution < 1.29 is 23.8 Å². The normalized spacial score (nSPS) is 9.00. The second-order valence-electron chi connectivity index (χ2n) is 2.10. The zero-order valence-electron chi connectivity index (χ0n) is 6.40. The van der Waals surface area contributed by atoms with Crippen molar-refractivity contribution in [3.05, 3.63) is 29.8 Å². The first-order valence-electron chi connectivity index (χ1n) is 3.31. The van der Waals surface area contributed by atoms with Crippen LogP contribution in [0.25, 0.3) is 0 Å². The van der Waals surface area contributed by atoms with E-state index in [9.17, 15) is 14.1 Å². The van der Waals surface area contributed by atoms with Gasteiger partial charge in [0, 0.05) is 4.53 Å². The van der Waals surface area contributed by atoms with E-state index in [2.05, 4.69) is 9.68 Å². The molecule has 0 bridgehead atoms. The van der Waals surface area contributed by atoms with Crippen molar-refractivity contribution in [3.8, 4) is 5.75 Å². The summed E-state index contributed by atoms with van der Waals surface area (Å²) in [6.45, 7) is 0.252. The van der Waals surface area contributed by atoms with Gasteiger partial charge in [0.25, 0.3) is 6.47 Å². The topological polar surface area (TPSA) is 52.6 Å². The Kier molecular flexibility index (Phi) is 2.97. The van der Waals surface area contributed by atoms with Crippen molar-refractivity contribution in [2.75, 3.05) is 0 Å². The molecule has 0 spiro atoms. The number of rotatable bonds is 3. The molecule has 5 heteroatoms. The van der Waals surface area contributed by atoms with Gasteiger partial charge in [0.2, 0.25) is 0 Å². The highest BCUT2D eigenvalue weighted by atomic mass is 19.3. The molecule has 0 aliphatic rings. The van der Waals surface area contributed by atoms with Gasteiger partial charge in [-0.25, -0.2) is 9.74 Å². The Morgan fingerprint density at radius 3 is 2.38 bits per heavy atom. The molecule has 0 aromatic heterocycles. The van der Waals surface area contributed by atoms with E-state index in [0.717, 1.165) is 0 Å². The lowest BCUT2D eigenvalue weighted by Crippen LogP contribution is -1.98. The van der Waals surface area contributed by atoms with Gasteiger partial charge in [-0.2, -0.15) is 0 Å². The number of carbonyl (C=O) groups is 2. The molecule has 1 aromatic rings. The summed E-state index contributed by atoms with van der Waals surface area (Å²) in [4.78, 5) is 23.4. The highest BCUT2D eigenvalue weighted by Gasteiger charge is 2.06. The smallest absolute Gasteiger partial charge is 0.379 e. The number of hydrogen-bond donors (Lipinski definition) is 0. The Morgan fingerprint density at radius 1 is 1.31 bits per heavy atom. The van der Waals surface area contributed by atoms with Crippen molar-refractivity contribution in [3.63, 3.8) is 0 Å². The molecule has 0 saturated carbocycles. The molecular weight excluding hydrogens is 179 g/mol. The first-order valence-corrected chi connectivity index (χ1v) is 3.31. The summed E-state index contributed by atoms with van der Waals surface area (Å²) in [6.07, 6.45) is 0. The fourth-order valence-electron chi connectivity index (χ4n) is 0.770. The van der Waals surface area contributed by atoms with Gasteiger partial charge < -0.3 is 4.74 Å². The van der Waals surface area contributed by atoms with Gasteiger partial charge in [0.05, 0.1) is 5.56 Å². The Labute approximate surface area is 72.8 Å². The molecule has 13 heavy (non-hydrogen) atoms. The lowest BCUT2D eigenvalue weighted by Gasteiger charge is -1.97. The second kappa shape index (κ2) is 4.20. The number of carbonyl (C=O) groups excluding carboxylic acids is 2. The molecule has 0 aliphatic heterocycles. The summed E-state index contributed by atoms with van der Waals surface area (Å²) in [5, 5.41) is 0. The van der Waals surface area contributed by atoms with E-state index >= 15 is 0 Å². The lowest BCUT2D eigenvalue weighted by atomic mass is 10.2. The van der Waals surface area contributed by atoms with E-state index in [1.54, 1.807) is 0 Å². The maximum absolute atomic E-state index is 11.4. The molecule has 0 fully saturated rings. The highest BCUT2D eigenvalue weighted by molar-refractivity contribution is 5.89. The maximum Gasteiger partial charge on any atom is 0.379 e. The van der Waals surface area contributed by atoms with Crippen molar-refractivity contribution in [1.29, 1.82) is 0 Å². The number of ether oxygens (including phenoxy) is 1. The van der Waals surface area contributed by atoms with Crippen LogP contribution in [0.4, 0.5) is 4.53 Å². The fraction of sp³-hybridized carbons (Fsp3) is 0. The molecule has 0 saturated heterocycles. The van der Waals surface area contributed by atoms with Crippen LogP contribution in [0.2, 0.25) is 0 Å². The quantitative estimate of drug-likeness (QED) is 0.663. The molecule has 0 aliphatic carbocycles. The average molecular weight is 184 g/mol. The van der Waals surface area contributed by atoms with E-state index < -0.39 is 5.97 Å². The van der Waals surface area contributed by atoms with Gasteiger partial charge in [-0.3, -0.25) is 4.79 Å². The molecule has 68 valence electrons. The predicted molar refractivity (Wildman–Crippen MR) is 39.7 cm³/mol. The van der Waals surface area contributed by atoms with Crippen LogP contribution in [0.1, 0.15) is 10.4 Å². The van der Waals surface area contributed by atoms with Crippen LogP contribution < -0.4 is 4.74 Å². The van der Waals surface area contributed by atoms with Crippen LogP contribution in [0.15, 0.2) is 24.3 Å². The molecule has 0 heterocycles. The fourth-order valence-corrected chi connectivity index (χ4v) is 0.770. The van der Waals surface area contributed by atoms with Crippen LogP contribution in [0, 0.1) is 0 Å². The third-order valence-electron chi connectivity index (χ3n) is 1.34. The summed E-state index contributed by atoms with van der Waals surface area (Å²) in [7, 11) is 0. The summed E-state index contributed by atoms with van der Waals surface area (Å²) in [6, 6.07) is 5.25. The Morgan fingerprint density at radius 2 is 1.92 bits per heavy atom. The maximum atomic E-state index is 11.4. The first kappa shape index (κ1) is 9.18. The van der Waals surface area contributed by atoms with Crippen LogP contribution in [-0.2, 0) is 9.74 Å². The van der Waals surface area contributed by atoms with Crippen LogP contribution in [-0.4, -0.2) is 12.4 Å². The van der Waals surface area contributed by atoms with Crippen molar-refractivity contribution >= 4 is 12.4 Å². The molecule has 0 N–H and O–H groups in total. The molecular formula is C8H5FO4. The van der Waals surface area contributed by atoms with Gasteiger partial charge in [0.1, 0.15) is 5.75 Å². The molecule has 4 nitrogen and oxygen atoms in total. The summed E-state index contributed by atoms with van der Waals surface area (Å²) < 4.78 is 15.8. The minimum atomic E-state index is -1.09. The third-order valence-corrected chi connectivity index (χ3v) is 1.34. The zero-order valence-corrected chi connectivity index (χ0v) is 6.40. The van der Waals surface area contributed by atoms with Gasteiger partial charge in [0.15, 0.2) is 0 Å². The summed E-state index contributed by atoms with van der Waals surface area (Å²) in [5.74, 6) is -0.817. The Bertz CT molecular complexity index is 306. The molecule has 0 unspecified atom stereocenters. The van der Waals surface area contributed by atoms with Crippen molar-refractivity contribution in [2.24, 2.45) is 0 Å². The molecule has 0 atom stereocenters. The Hall–Kier alpha value is -1.91. The van der Waals surface area contributed by atoms with Gasteiger partial charge in [-0.1, -0.05) is 0 Å².